The van der Waals surface area contributed by atoms with E-state index in [1.165, 1.54) is 16.8 Å². The number of rotatable bonds is 5. The molecule has 2 aliphatic rings. The van der Waals surface area contributed by atoms with E-state index in [0.717, 1.165) is 60.8 Å². The molecule has 2 aromatic heterocycles. The number of likely N-dealkylation sites (tertiary alicyclic amines) is 1. The Morgan fingerprint density at radius 1 is 1.16 bits per heavy atom. The quantitative estimate of drug-likeness (QED) is 0.666. The SMILES string of the molecule is COc1ccc2c(c1)C=C(CN1CCC(c3cc(-c4cn[nH]c4)cc(C)n3)CC1)CO2. The zero-order valence-corrected chi connectivity index (χ0v) is 18.1. The van der Waals surface area contributed by atoms with Gasteiger partial charge in [-0.15, -0.1) is 0 Å². The summed E-state index contributed by atoms with van der Waals surface area (Å²) in [6.07, 6.45) is 8.32. The first kappa shape index (κ1) is 19.8. The van der Waals surface area contributed by atoms with Gasteiger partial charge in [0.2, 0.25) is 0 Å². The number of nitrogens with one attached hydrogen (secondary N) is 1. The predicted octanol–water partition coefficient (Wildman–Crippen LogP) is 4.44. The van der Waals surface area contributed by atoms with Gasteiger partial charge in [-0.05, 0) is 80.4 Å². The summed E-state index contributed by atoms with van der Waals surface area (Å²) < 4.78 is 11.3. The number of methoxy groups -OCH3 is 1. The number of nitrogens with zero attached hydrogens (tertiary/aromatic N) is 3. The molecule has 1 fully saturated rings. The number of hydrogen-bond acceptors (Lipinski definition) is 5. The van der Waals surface area contributed by atoms with Gasteiger partial charge >= 0.3 is 0 Å². The fraction of sp³-hybridized carbons (Fsp3) is 0.360. The third kappa shape index (κ3) is 4.35. The summed E-state index contributed by atoms with van der Waals surface area (Å²) in [5.74, 6) is 2.30. The number of fused-ring (bicyclic) bond motifs is 1. The Hall–Kier alpha value is -3.12. The lowest BCUT2D eigenvalue weighted by atomic mass is 9.91. The van der Waals surface area contributed by atoms with E-state index in [2.05, 4.69) is 40.2 Å². The smallest absolute Gasteiger partial charge is 0.127 e. The van der Waals surface area contributed by atoms with Crippen LogP contribution in [0.1, 0.15) is 35.7 Å². The monoisotopic (exact) mass is 416 g/mol. The van der Waals surface area contributed by atoms with Gasteiger partial charge in [-0.2, -0.15) is 5.10 Å². The summed E-state index contributed by atoms with van der Waals surface area (Å²) >= 11 is 0. The van der Waals surface area contributed by atoms with Crippen molar-refractivity contribution >= 4 is 6.08 Å². The van der Waals surface area contributed by atoms with Crippen LogP contribution in [0.3, 0.4) is 0 Å². The van der Waals surface area contributed by atoms with Crippen molar-refractivity contribution in [3.05, 3.63) is 65.2 Å². The highest BCUT2D eigenvalue weighted by atomic mass is 16.5. The highest BCUT2D eigenvalue weighted by Crippen LogP contribution is 2.32. The standard InChI is InChI=1S/C25H28N4O2/c1-17-9-20(22-13-26-27-14-22)12-24(28-17)19-5-7-29(8-6-19)15-18-10-21-11-23(30-2)3-4-25(21)31-16-18/h3-4,9-14,19H,5-8,15-16H2,1-2H3,(H,26,27). The first-order valence-electron chi connectivity index (χ1n) is 10.9. The molecule has 0 unspecified atom stereocenters. The number of hydrogen-bond donors (Lipinski definition) is 1. The molecule has 0 saturated carbocycles. The fourth-order valence-electron chi connectivity index (χ4n) is 4.57. The molecular weight excluding hydrogens is 388 g/mol. The molecule has 6 heteroatoms. The van der Waals surface area contributed by atoms with Crippen molar-refractivity contribution in [2.45, 2.75) is 25.7 Å². The van der Waals surface area contributed by atoms with Crippen LogP contribution in [0.4, 0.5) is 0 Å². The lowest BCUT2D eigenvalue weighted by Crippen LogP contribution is -2.35. The molecule has 0 amide bonds. The van der Waals surface area contributed by atoms with Gasteiger partial charge < -0.3 is 9.47 Å². The van der Waals surface area contributed by atoms with Crippen LogP contribution >= 0.6 is 0 Å². The summed E-state index contributed by atoms with van der Waals surface area (Å²) in [5.41, 5.74) is 7.00. The van der Waals surface area contributed by atoms with Crippen molar-refractivity contribution < 1.29 is 9.47 Å². The molecular formula is C25H28N4O2. The minimum absolute atomic E-state index is 0.503. The number of H-pyrrole nitrogens is 1. The second kappa shape index (κ2) is 8.55. The van der Waals surface area contributed by atoms with E-state index >= 15 is 0 Å². The fourth-order valence-corrected chi connectivity index (χ4v) is 4.57. The van der Waals surface area contributed by atoms with Gasteiger partial charge in [0.05, 0.1) is 13.3 Å². The molecule has 160 valence electrons. The maximum Gasteiger partial charge on any atom is 0.127 e. The van der Waals surface area contributed by atoms with Gasteiger partial charge in [0.15, 0.2) is 0 Å². The zero-order valence-electron chi connectivity index (χ0n) is 18.1. The van der Waals surface area contributed by atoms with Crippen molar-refractivity contribution in [1.82, 2.24) is 20.1 Å². The largest absolute Gasteiger partial charge is 0.497 e. The van der Waals surface area contributed by atoms with Gasteiger partial charge in [-0.3, -0.25) is 15.0 Å². The third-order valence-electron chi connectivity index (χ3n) is 6.23. The first-order chi connectivity index (χ1) is 15.2. The average molecular weight is 417 g/mol. The normalized spacial score (nSPS) is 17.0. The average Bonchev–Trinajstić information content (AvgIpc) is 3.34. The lowest BCUT2D eigenvalue weighted by Gasteiger charge is -2.33. The maximum absolute atomic E-state index is 5.96. The van der Waals surface area contributed by atoms with Crippen molar-refractivity contribution in [2.75, 3.05) is 33.4 Å². The van der Waals surface area contributed by atoms with E-state index in [1.54, 1.807) is 7.11 Å². The van der Waals surface area contributed by atoms with Crippen molar-refractivity contribution in [1.29, 1.82) is 0 Å². The zero-order chi connectivity index (χ0) is 21.2. The summed E-state index contributed by atoms with van der Waals surface area (Å²) in [6, 6.07) is 10.3. The molecule has 2 aliphatic heterocycles. The first-order valence-corrected chi connectivity index (χ1v) is 10.9. The van der Waals surface area contributed by atoms with Crippen molar-refractivity contribution in [3.63, 3.8) is 0 Å². The Morgan fingerprint density at radius 3 is 2.81 bits per heavy atom. The van der Waals surface area contributed by atoms with Gasteiger partial charge in [0, 0.05) is 41.2 Å². The van der Waals surface area contributed by atoms with Gasteiger partial charge in [0.25, 0.3) is 0 Å². The second-order valence-electron chi connectivity index (χ2n) is 8.45. The van der Waals surface area contributed by atoms with Crippen LogP contribution in [0.5, 0.6) is 11.5 Å². The lowest BCUT2D eigenvalue weighted by molar-refractivity contribution is 0.217. The minimum atomic E-state index is 0.503. The Morgan fingerprint density at radius 2 is 2.03 bits per heavy atom. The number of ether oxygens (including phenoxy) is 2. The Bertz CT molecular complexity index is 1080. The molecule has 1 aromatic carbocycles. The van der Waals surface area contributed by atoms with E-state index in [9.17, 15) is 0 Å². The molecule has 1 N–H and O–H groups in total. The number of aromatic amines is 1. The molecule has 0 aliphatic carbocycles. The van der Waals surface area contributed by atoms with Crippen LogP contribution in [-0.4, -0.2) is 53.4 Å². The molecule has 1 saturated heterocycles. The van der Waals surface area contributed by atoms with Crippen LogP contribution in [0, 0.1) is 6.92 Å². The molecule has 6 nitrogen and oxygen atoms in total. The van der Waals surface area contributed by atoms with Crippen LogP contribution in [0.2, 0.25) is 0 Å². The Labute approximate surface area is 182 Å². The summed E-state index contributed by atoms with van der Waals surface area (Å²) in [5, 5.41) is 6.99. The number of pyridine rings is 1. The highest BCUT2D eigenvalue weighted by Gasteiger charge is 2.24. The van der Waals surface area contributed by atoms with Crippen LogP contribution in [0.15, 0.2) is 48.3 Å². The predicted molar refractivity (Wildman–Crippen MR) is 121 cm³/mol. The van der Waals surface area contributed by atoms with E-state index in [0.29, 0.717) is 12.5 Å². The van der Waals surface area contributed by atoms with E-state index < -0.39 is 0 Å². The topological polar surface area (TPSA) is 63.3 Å². The van der Waals surface area contributed by atoms with Crippen molar-refractivity contribution in [2.24, 2.45) is 0 Å². The van der Waals surface area contributed by atoms with Crippen LogP contribution < -0.4 is 9.47 Å². The molecule has 0 radical (unpaired) electrons. The van der Waals surface area contributed by atoms with E-state index in [4.69, 9.17) is 14.5 Å². The summed E-state index contributed by atoms with van der Waals surface area (Å²) in [4.78, 5) is 7.39. The van der Waals surface area contributed by atoms with Crippen LogP contribution in [-0.2, 0) is 0 Å². The minimum Gasteiger partial charge on any atom is -0.497 e. The van der Waals surface area contributed by atoms with E-state index in [-0.39, 0.29) is 0 Å². The van der Waals surface area contributed by atoms with Gasteiger partial charge in [-0.1, -0.05) is 0 Å². The second-order valence-corrected chi connectivity index (χ2v) is 8.45. The molecule has 31 heavy (non-hydrogen) atoms. The van der Waals surface area contributed by atoms with E-state index in [1.807, 2.05) is 30.6 Å². The van der Waals surface area contributed by atoms with Gasteiger partial charge in [0.1, 0.15) is 18.1 Å². The maximum atomic E-state index is 5.96. The third-order valence-corrected chi connectivity index (χ3v) is 6.23. The molecule has 3 aromatic rings. The molecule has 0 atom stereocenters. The molecule has 4 heterocycles. The molecule has 0 spiro atoms. The highest BCUT2D eigenvalue weighted by molar-refractivity contribution is 5.64. The number of benzene rings is 1. The molecule has 0 bridgehead atoms. The molecule has 5 rings (SSSR count). The number of aryl methyl sites for hydroxylation is 1. The van der Waals surface area contributed by atoms with Gasteiger partial charge in [-0.25, -0.2) is 0 Å². The Kier molecular flexibility index (Phi) is 5.47. The van der Waals surface area contributed by atoms with Crippen LogP contribution in [0.25, 0.3) is 17.2 Å². The summed E-state index contributed by atoms with van der Waals surface area (Å²) in [7, 11) is 1.70. The number of aromatic nitrogens is 3. The summed E-state index contributed by atoms with van der Waals surface area (Å²) in [6.45, 7) is 5.83. The number of piperidine rings is 1. The Balaban J connectivity index is 1.24. The van der Waals surface area contributed by atoms with Crippen molar-refractivity contribution in [3.8, 4) is 22.6 Å².